The lowest BCUT2D eigenvalue weighted by Gasteiger charge is -2.41. The molecule has 1 heterocycles. The van der Waals surface area contributed by atoms with Crippen LogP contribution < -0.4 is 10.1 Å². The molecule has 1 fully saturated rings. The van der Waals surface area contributed by atoms with Crippen molar-refractivity contribution in [2.24, 2.45) is 0 Å². The number of ether oxygens (including phenoxy) is 2. The van der Waals surface area contributed by atoms with Crippen LogP contribution in [0, 0.1) is 0 Å². The number of nitrogens with one attached hydrogen (secondary N) is 1. The number of amides is 2. The molecule has 3 rings (SSSR count). The van der Waals surface area contributed by atoms with Gasteiger partial charge in [-0.2, -0.15) is 0 Å². The highest BCUT2D eigenvalue weighted by Crippen LogP contribution is 2.41. The minimum atomic E-state index is -0.921. The molecule has 0 aromatic heterocycles. The third kappa shape index (κ3) is 4.89. The highest BCUT2D eigenvalue weighted by molar-refractivity contribution is 6.30. The second kappa shape index (κ2) is 8.84. The van der Waals surface area contributed by atoms with Crippen molar-refractivity contribution in [1.29, 1.82) is 0 Å². The molecule has 0 radical (unpaired) electrons. The minimum absolute atomic E-state index is 0.0441. The van der Waals surface area contributed by atoms with Crippen LogP contribution in [0.2, 0.25) is 5.02 Å². The highest BCUT2D eigenvalue weighted by atomic mass is 35.5. The average molecular weight is 437 g/mol. The average Bonchev–Trinajstić information content (AvgIpc) is 2.72. The molecule has 2 aliphatic rings. The fourth-order valence-corrected chi connectivity index (χ4v) is 3.88. The summed E-state index contributed by atoms with van der Waals surface area (Å²) in [7, 11) is 0. The molecule has 1 saturated carbocycles. The first kappa shape index (κ1) is 22.4. The van der Waals surface area contributed by atoms with E-state index < -0.39 is 29.6 Å². The van der Waals surface area contributed by atoms with Crippen molar-refractivity contribution in [1.82, 2.24) is 10.2 Å². The van der Waals surface area contributed by atoms with E-state index in [0.717, 1.165) is 19.3 Å². The van der Waals surface area contributed by atoms with Crippen LogP contribution in [0.4, 0.5) is 0 Å². The van der Waals surface area contributed by atoms with Crippen molar-refractivity contribution in [3.8, 4) is 5.75 Å². The predicted octanol–water partition coefficient (Wildman–Crippen LogP) is 3.39. The molecular formula is C22H29ClN2O5. The zero-order chi connectivity index (χ0) is 22.1. The first-order valence-electron chi connectivity index (χ1n) is 10.4. The number of fused-ring (bicyclic) bond motifs is 1. The normalized spacial score (nSPS) is 21.8. The first-order valence-corrected chi connectivity index (χ1v) is 10.8. The largest absolute Gasteiger partial charge is 0.480 e. The summed E-state index contributed by atoms with van der Waals surface area (Å²) in [5.74, 6) is -0.754. The van der Waals surface area contributed by atoms with E-state index in [2.05, 4.69) is 5.32 Å². The van der Waals surface area contributed by atoms with E-state index in [9.17, 15) is 14.4 Å². The minimum Gasteiger partial charge on any atom is -0.480 e. The maximum atomic E-state index is 13.3. The van der Waals surface area contributed by atoms with Crippen LogP contribution >= 0.6 is 11.6 Å². The Bertz CT molecular complexity index is 831. The van der Waals surface area contributed by atoms with Gasteiger partial charge in [0.05, 0.1) is 0 Å². The number of carbonyl (C=O) groups is 3. The summed E-state index contributed by atoms with van der Waals surface area (Å²) in [6.07, 6.45) is 2.47. The SMILES string of the molecule is CCC1Oc2ccc(Cl)cc2C(C(=O)NCC(=O)OC(C)(C)C)N(C2CCC2)C1=O. The van der Waals surface area contributed by atoms with Crippen LogP contribution in [-0.4, -0.2) is 47.0 Å². The second-order valence-electron chi connectivity index (χ2n) is 8.73. The van der Waals surface area contributed by atoms with Gasteiger partial charge in [-0.3, -0.25) is 14.4 Å². The third-order valence-corrected chi connectivity index (χ3v) is 5.49. The molecule has 1 aromatic carbocycles. The Morgan fingerprint density at radius 2 is 2.00 bits per heavy atom. The summed E-state index contributed by atoms with van der Waals surface area (Å²) in [6, 6.07) is 4.05. The van der Waals surface area contributed by atoms with Gasteiger partial charge in [-0.15, -0.1) is 0 Å². The van der Waals surface area contributed by atoms with Crippen LogP contribution in [0.15, 0.2) is 18.2 Å². The zero-order valence-corrected chi connectivity index (χ0v) is 18.6. The fraction of sp³-hybridized carbons (Fsp3) is 0.591. The monoisotopic (exact) mass is 436 g/mol. The Kier molecular flexibility index (Phi) is 6.60. The highest BCUT2D eigenvalue weighted by Gasteiger charge is 2.45. The van der Waals surface area contributed by atoms with Crippen molar-refractivity contribution < 1.29 is 23.9 Å². The molecule has 1 aliphatic heterocycles. The number of rotatable bonds is 5. The van der Waals surface area contributed by atoms with E-state index >= 15 is 0 Å². The van der Waals surface area contributed by atoms with E-state index in [1.807, 2.05) is 6.92 Å². The maximum absolute atomic E-state index is 13.3. The summed E-state index contributed by atoms with van der Waals surface area (Å²) in [4.78, 5) is 40.3. The first-order chi connectivity index (χ1) is 14.1. The maximum Gasteiger partial charge on any atom is 0.325 e. The second-order valence-corrected chi connectivity index (χ2v) is 9.17. The Morgan fingerprint density at radius 3 is 2.57 bits per heavy atom. The van der Waals surface area contributed by atoms with Gasteiger partial charge in [-0.1, -0.05) is 18.5 Å². The number of nitrogens with zero attached hydrogens (tertiary/aromatic N) is 1. The van der Waals surface area contributed by atoms with E-state index in [1.165, 1.54) is 0 Å². The van der Waals surface area contributed by atoms with Crippen molar-refractivity contribution in [3.05, 3.63) is 28.8 Å². The third-order valence-electron chi connectivity index (χ3n) is 5.26. The Labute approximate surface area is 182 Å². The molecule has 2 amide bonds. The lowest BCUT2D eigenvalue weighted by atomic mass is 9.88. The Morgan fingerprint density at radius 1 is 1.30 bits per heavy atom. The molecule has 1 aromatic rings. The smallest absolute Gasteiger partial charge is 0.325 e. The van der Waals surface area contributed by atoms with Crippen molar-refractivity contribution in [2.75, 3.05) is 6.54 Å². The lowest BCUT2D eigenvalue weighted by Crippen LogP contribution is -2.53. The number of hydrogen-bond acceptors (Lipinski definition) is 5. The number of halogens is 1. The quantitative estimate of drug-likeness (QED) is 0.715. The van der Waals surface area contributed by atoms with Crippen LogP contribution in [0.3, 0.4) is 0 Å². The summed E-state index contributed by atoms with van der Waals surface area (Å²) in [5, 5.41) is 3.09. The molecule has 30 heavy (non-hydrogen) atoms. The number of carbonyl (C=O) groups excluding carboxylic acids is 3. The van der Waals surface area contributed by atoms with Crippen molar-refractivity contribution in [3.63, 3.8) is 0 Å². The van der Waals surface area contributed by atoms with Gasteiger partial charge in [0.2, 0.25) is 5.91 Å². The summed E-state index contributed by atoms with van der Waals surface area (Å²) < 4.78 is 11.2. The molecule has 0 saturated heterocycles. The van der Waals surface area contributed by atoms with Crippen molar-refractivity contribution in [2.45, 2.75) is 77.2 Å². The number of benzene rings is 1. The summed E-state index contributed by atoms with van der Waals surface area (Å²) >= 11 is 6.22. The molecule has 2 atom stereocenters. The lowest BCUT2D eigenvalue weighted by molar-refractivity contribution is -0.155. The molecule has 1 N–H and O–H groups in total. The molecule has 1 aliphatic carbocycles. The van der Waals surface area contributed by atoms with Gasteiger partial charge in [-0.05, 0) is 64.7 Å². The topological polar surface area (TPSA) is 84.9 Å². The van der Waals surface area contributed by atoms with Crippen molar-refractivity contribution >= 4 is 29.4 Å². The molecule has 0 bridgehead atoms. The van der Waals surface area contributed by atoms with E-state index in [0.29, 0.717) is 22.8 Å². The standard InChI is InChI=1S/C22H29ClN2O5/c1-5-16-21(28)25(14-7-6-8-14)19(15-11-13(23)9-10-17(15)29-16)20(27)24-12-18(26)30-22(2,3)4/h9-11,14,16,19H,5-8,12H2,1-4H3,(H,24,27). The molecular weight excluding hydrogens is 408 g/mol. The van der Waals surface area contributed by atoms with Crippen LogP contribution in [0.25, 0.3) is 0 Å². The Balaban J connectivity index is 1.93. The van der Waals surface area contributed by atoms with Gasteiger partial charge < -0.3 is 19.7 Å². The number of hydrogen-bond donors (Lipinski definition) is 1. The fourth-order valence-electron chi connectivity index (χ4n) is 3.70. The van der Waals surface area contributed by atoms with E-state index in [1.54, 1.807) is 43.9 Å². The molecule has 2 unspecified atom stereocenters. The zero-order valence-electron chi connectivity index (χ0n) is 17.9. The molecule has 8 heteroatoms. The van der Waals surface area contributed by atoms with E-state index in [-0.39, 0.29) is 18.5 Å². The molecule has 0 spiro atoms. The predicted molar refractivity (Wildman–Crippen MR) is 112 cm³/mol. The van der Waals surface area contributed by atoms with Gasteiger partial charge >= 0.3 is 5.97 Å². The van der Waals surface area contributed by atoms with Gasteiger partial charge in [0.1, 0.15) is 23.9 Å². The number of esters is 1. The van der Waals surface area contributed by atoms with Crippen LogP contribution in [0.5, 0.6) is 5.75 Å². The van der Waals surface area contributed by atoms with Gasteiger partial charge in [0.15, 0.2) is 6.10 Å². The van der Waals surface area contributed by atoms with Crippen LogP contribution in [-0.2, 0) is 19.1 Å². The summed E-state index contributed by atoms with van der Waals surface area (Å²) in [6.45, 7) is 6.87. The Hall–Kier alpha value is -2.28. The van der Waals surface area contributed by atoms with Gasteiger partial charge in [-0.25, -0.2) is 0 Å². The summed E-state index contributed by atoms with van der Waals surface area (Å²) in [5.41, 5.74) is -0.124. The van der Waals surface area contributed by atoms with Gasteiger partial charge in [0.25, 0.3) is 5.91 Å². The molecule has 164 valence electrons. The van der Waals surface area contributed by atoms with E-state index in [4.69, 9.17) is 21.1 Å². The van der Waals surface area contributed by atoms with Crippen LogP contribution in [0.1, 0.15) is 65.0 Å². The van der Waals surface area contributed by atoms with Gasteiger partial charge in [0, 0.05) is 16.6 Å². The molecule has 7 nitrogen and oxygen atoms in total.